The molecule has 0 radical (unpaired) electrons. The van der Waals surface area contributed by atoms with Gasteiger partial charge in [-0.15, -0.1) is 0 Å². The van der Waals surface area contributed by atoms with Crippen molar-refractivity contribution in [3.05, 3.63) is 164 Å². The van der Waals surface area contributed by atoms with E-state index in [-0.39, 0.29) is 13.4 Å². The van der Waals surface area contributed by atoms with Crippen molar-refractivity contribution in [3.8, 4) is 11.5 Å². The lowest BCUT2D eigenvalue weighted by atomic mass is 9.32. The van der Waals surface area contributed by atoms with Gasteiger partial charge in [0.2, 0.25) is 6.71 Å². The van der Waals surface area contributed by atoms with Gasteiger partial charge >= 0.3 is 0 Å². The Balaban J connectivity index is 1.44. The van der Waals surface area contributed by atoms with E-state index in [1.54, 1.807) is 0 Å². The fourth-order valence-electron chi connectivity index (χ4n) is 7.96. The molecule has 3 heterocycles. The molecule has 3 nitrogen and oxygen atoms in total. The van der Waals surface area contributed by atoms with Crippen LogP contribution in [0.25, 0.3) is 21.9 Å². The van der Waals surface area contributed by atoms with Crippen LogP contribution in [-0.4, -0.2) is 13.4 Å². The molecule has 0 N–H and O–H groups in total. The van der Waals surface area contributed by atoms with Crippen LogP contribution in [0.3, 0.4) is 0 Å². The minimum Gasteiger partial charge on any atom is -0.456 e. The molecule has 5 heteroatoms. The lowest BCUT2D eigenvalue weighted by molar-refractivity contribution is 0.488. The van der Waals surface area contributed by atoms with E-state index in [9.17, 15) is 0 Å². The summed E-state index contributed by atoms with van der Waals surface area (Å²) in [5.74, 6) is 1.72. The van der Waals surface area contributed by atoms with Gasteiger partial charge in [0.05, 0.1) is 5.69 Å². The predicted molar refractivity (Wildman–Crippen MR) is 197 cm³/mol. The molecule has 0 amide bonds. The first-order valence-electron chi connectivity index (χ1n) is 16.2. The fraction of sp³-hybridized carbons (Fsp3) is 0. The molecule has 7 aromatic carbocycles. The van der Waals surface area contributed by atoms with E-state index in [1.165, 1.54) is 21.9 Å². The average Bonchev–Trinajstić information content (AvgIpc) is 3.54. The normalized spacial score (nSPS) is 13.1. The summed E-state index contributed by atoms with van der Waals surface area (Å²) in [6.07, 6.45) is 0. The van der Waals surface area contributed by atoms with Crippen LogP contribution in [0, 0.1) is 0 Å². The molecule has 218 valence electrons. The smallest absolute Gasteiger partial charge is 0.256 e. The maximum Gasteiger partial charge on any atom is 0.256 e. The first kappa shape index (κ1) is 26.3. The summed E-state index contributed by atoms with van der Waals surface area (Å²) in [4.78, 5) is 2.42. The molecule has 2 aliphatic rings. The van der Waals surface area contributed by atoms with Crippen molar-refractivity contribution in [1.29, 1.82) is 0 Å². The van der Waals surface area contributed by atoms with Gasteiger partial charge in [0.25, 0.3) is 6.71 Å². The highest BCUT2D eigenvalue weighted by Crippen LogP contribution is 2.46. The molecule has 0 spiro atoms. The number of benzene rings is 7. The summed E-state index contributed by atoms with van der Waals surface area (Å²) >= 11 is 0. The van der Waals surface area contributed by atoms with E-state index in [2.05, 4.69) is 169 Å². The van der Waals surface area contributed by atoms with Gasteiger partial charge in [0.1, 0.15) is 22.7 Å². The van der Waals surface area contributed by atoms with Crippen molar-refractivity contribution >= 4 is 85.2 Å². The average molecular weight is 599 g/mol. The zero-order valence-corrected chi connectivity index (χ0v) is 25.5. The molecule has 1 aromatic heterocycles. The summed E-state index contributed by atoms with van der Waals surface area (Å²) in [7, 11) is 0. The zero-order chi connectivity index (χ0) is 30.9. The Morgan fingerprint density at radius 3 is 1.81 bits per heavy atom. The molecule has 0 saturated heterocycles. The van der Waals surface area contributed by atoms with Gasteiger partial charge < -0.3 is 14.1 Å². The molecule has 0 bridgehead atoms. The number of furan rings is 1. The molecule has 2 aliphatic heterocycles. The Hall–Kier alpha value is -5.93. The lowest BCUT2D eigenvalue weighted by Gasteiger charge is -2.40. The van der Waals surface area contributed by atoms with Gasteiger partial charge in [-0.05, 0) is 46.7 Å². The summed E-state index contributed by atoms with van der Waals surface area (Å²) in [6.45, 7) is -0.137. The van der Waals surface area contributed by atoms with Gasteiger partial charge in [0, 0.05) is 27.6 Å². The van der Waals surface area contributed by atoms with Crippen molar-refractivity contribution in [3.63, 3.8) is 0 Å². The van der Waals surface area contributed by atoms with Crippen molar-refractivity contribution in [2.24, 2.45) is 0 Å². The third-order valence-corrected chi connectivity index (χ3v) is 9.84. The second-order valence-corrected chi connectivity index (χ2v) is 12.4. The van der Waals surface area contributed by atoms with Crippen molar-refractivity contribution in [1.82, 2.24) is 0 Å². The van der Waals surface area contributed by atoms with Gasteiger partial charge in [-0.3, -0.25) is 0 Å². The molecular weight excluding hydrogens is 572 g/mol. The zero-order valence-electron chi connectivity index (χ0n) is 25.5. The summed E-state index contributed by atoms with van der Waals surface area (Å²) in [6, 6.07) is 58.1. The van der Waals surface area contributed by atoms with Gasteiger partial charge in [0.15, 0.2) is 0 Å². The molecule has 47 heavy (non-hydrogen) atoms. The van der Waals surface area contributed by atoms with Crippen LogP contribution in [0.4, 0.5) is 17.1 Å². The highest BCUT2D eigenvalue weighted by Gasteiger charge is 2.45. The van der Waals surface area contributed by atoms with Crippen LogP contribution in [-0.2, 0) is 0 Å². The Labute approximate surface area is 273 Å². The second-order valence-electron chi connectivity index (χ2n) is 12.4. The molecule has 0 saturated carbocycles. The number of hydrogen-bond donors (Lipinski definition) is 0. The summed E-state index contributed by atoms with van der Waals surface area (Å²) in [5.41, 5.74) is 12.1. The van der Waals surface area contributed by atoms with Crippen LogP contribution in [0.1, 0.15) is 0 Å². The number of ether oxygens (including phenoxy) is 1. The Morgan fingerprint density at radius 2 is 1.06 bits per heavy atom. The third kappa shape index (κ3) is 3.83. The van der Waals surface area contributed by atoms with E-state index in [0.29, 0.717) is 0 Å². The Bertz CT molecular complexity index is 2460. The van der Waals surface area contributed by atoms with Crippen LogP contribution in [0.5, 0.6) is 11.5 Å². The number of rotatable bonds is 3. The molecular formula is C42H27B2NO2. The van der Waals surface area contributed by atoms with Crippen molar-refractivity contribution < 1.29 is 9.15 Å². The molecule has 10 rings (SSSR count). The third-order valence-electron chi connectivity index (χ3n) is 9.84. The number of para-hydroxylation sites is 4. The van der Waals surface area contributed by atoms with Crippen LogP contribution < -0.4 is 42.4 Å². The molecule has 0 fully saturated rings. The fourth-order valence-corrected chi connectivity index (χ4v) is 7.96. The number of hydrogen-bond acceptors (Lipinski definition) is 3. The molecule has 0 aliphatic carbocycles. The van der Waals surface area contributed by atoms with Crippen LogP contribution >= 0.6 is 0 Å². The van der Waals surface area contributed by atoms with Gasteiger partial charge in [-0.2, -0.15) is 0 Å². The van der Waals surface area contributed by atoms with Crippen LogP contribution in [0.15, 0.2) is 168 Å². The van der Waals surface area contributed by atoms with E-state index in [4.69, 9.17) is 9.15 Å². The summed E-state index contributed by atoms with van der Waals surface area (Å²) in [5, 5.41) is 2.25. The lowest BCUT2D eigenvalue weighted by Crippen LogP contribution is -2.60. The van der Waals surface area contributed by atoms with E-state index in [1.807, 2.05) is 0 Å². The number of nitrogens with zero attached hydrogens (tertiary/aromatic N) is 1. The first-order valence-corrected chi connectivity index (χ1v) is 16.2. The number of fused-ring (bicyclic) bond motifs is 10. The standard InChI is InChI=1S/C42H27B2NO2/c1-4-16-28(17-5-1)43-32-23-11-13-25-34(32)45(30-20-8-3-9-21-30)40-38(43)37-31-22-10-14-26-35(31)46-41(37)39-42(40)47-36-27-15-12-24-33(36)44(39)29-18-6-2-7-19-29/h1-27H. The topological polar surface area (TPSA) is 25.6 Å². The Kier molecular flexibility index (Phi) is 5.76. The maximum atomic E-state index is 7.18. The maximum absolute atomic E-state index is 7.18. The van der Waals surface area contributed by atoms with Crippen molar-refractivity contribution in [2.75, 3.05) is 4.90 Å². The first-order chi connectivity index (χ1) is 23.4. The molecule has 8 aromatic rings. The molecule has 0 unspecified atom stereocenters. The SMILES string of the molecule is c1ccc(B2c3ccccc3Oc3c4c(c5c(oc6ccccc65)c32)B(c2ccccc2)c2ccccc2N4c2ccccc2)cc1. The van der Waals surface area contributed by atoms with Gasteiger partial charge in [-0.1, -0.05) is 144 Å². The van der Waals surface area contributed by atoms with E-state index in [0.717, 1.165) is 61.4 Å². The largest absolute Gasteiger partial charge is 0.456 e. The van der Waals surface area contributed by atoms with E-state index >= 15 is 0 Å². The summed E-state index contributed by atoms with van der Waals surface area (Å²) < 4.78 is 14.2. The predicted octanol–water partition coefficient (Wildman–Crippen LogP) is 6.51. The second kappa shape index (κ2) is 10.3. The van der Waals surface area contributed by atoms with Crippen LogP contribution in [0.2, 0.25) is 0 Å². The van der Waals surface area contributed by atoms with Gasteiger partial charge in [-0.25, -0.2) is 0 Å². The highest BCUT2D eigenvalue weighted by molar-refractivity contribution is 7.02. The molecule has 0 atom stereocenters. The minimum absolute atomic E-state index is 0.0490. The monoisotopic (exact) mass is 599 g/mol. The highest BCUT2D eigenvalue weighted by atomic mass is 16.5. The Morgan fingerprint density at radius 1 is 0.489 bits per heavy atom. The minimum atomic E-state index is -0.0884. The number of anilines is 3. The van der Waals surface area contributed by atoms with Crippen molar-refractivity contribution in [2.45, 2.75) is 0 Å². The van der Waals surface area contributed by atoms with E-state index < -0.39 is 0 Å². The quantitative estimate of drug-likeness (QED) is 0.217.